The van der Waals surface area contributed by atoms with Crippen molar-refractivity contribution in [3.05, 3.63) is 26.6 Å². The van der Waals surface area contributed by atoms with E-state index in [0.29, 0.717) is 39.6 Å². The Morgan fingerprint density at radius 2 is 2.16 bits per heavy atom. The van der Waals surface area contributed by atoms with Gasteiger partial charge in [-0.25, -0.2) is 4.98 Å². The van der Waals surface area contributed by atoms with Gasteiger partial charge in [0.2, 0.25) is 0 Å². The van der Waals surface area contributed by atoms with E-state index in [0.717, 1.165) is 0 Å². The van der Waals surface area contributed by atoms with Gasteiger partial charge in [0.15, 0.2) is 0 Å². The summed E-state index contributed by atoms with van der Waals surface area (Å²) in [6, 6.07) is 0. The van der Waals surface area contributed by atoms with E-state index in [1.165, 1.54) is 15.9 Å². The molecule has 3 N–H and O–H groups in total. The van der Waals surface area contributed by atoms with Crippen LogP contribution in [0.5, 0.6) is 0 Å². The van der Waals surface area contributed by atoms with Crippen LogP contribution in [-0.2, 0) is 7.05 Å². The van der Waals surface area contributed by atoms with Crippen molar-refractivity contribution < 1.29 is 4.79 Å². The second kappa shape index (κ2) is 5.10. The number of nitrogens with one attached hydrogen (secondary N) is 1. The molecular weight excluding hydrogens is 264 g/mol. The number of rotatable bonds is 3. The Hall–Kier alpha value is -1.73. The van der Waals surface area contributed by atoms with Crippen molar-refractivity contribution in [1.82, 2.24) is 14.9 Å². The third-order valence-electron chi connectivity index (χ3n) is 3.03. The number of hydrogen-bond donors (Lipinski definition) is 2. The van der Waals surface area contributed by atoms with Crippen LogP contribution in [0.25, 0.3) is 10.2 Å². The van der Waals surface area contributed by atoms with Crippen molar-refractivity contribution in [2.24, 2.45) is 12.8 Å². The van der Waals surface area contributed by atoms with Gasteiger partial charge in [0, 0.05) is 20.1 Å². The van der Waals surface area contributed by atoms with Crippen LogP contribution in [0.3, 0.4) is 0 Å². The van der Waals surface area contributed by atoms with Crippen LogP contribution in [-0.4, -0.2) is 28.5 Å². The summed E-state index contributed by atoms with van der Waals surface area (Å²) in [7, 11) is 1.68. The number of nitrogens with two attached hydrogens (primary N) is 1. The first-order valence-corrected chi connectivity index (χ1v) is 6.74. The zero-order valence-corrected chi connectivity index (χ0v) is 11.9. The molecule has 0 aromatic carbocycles. The average molecular weight is 280 g/mol. The standard InChI is InChI=1S/C12H16N4O2S/c1-6-8-11(15-7(2)16(3)12(8)18)19-9(6)10(17)14-5-4-13/h4-5,13H2,1-3H3,(H,14,17). The molecule has 19 heavy (non-hydrogen) atoms. The molecule has 2 aromatic rings. The minimum atomic E-state index is -0.203. The van der Waals surface area contributed by atoms with Crippen molar-refractivity contribution in [2.75, 3.05) is 13.1 Å². The first-order chi connectivity index (χ1) is 8.97. The van der Waals surface area contributed by atoms with E-state index >= 15 is 0 Å². The topological polar surface area (TPSA) is 90.0 Å². The predicted octanol–water partition coefficient (Wildman–Crippen LogP) is 0.300. The van der Waals surface area contributed by atoms with E-state index in [1.807, 2.05) is 0 Å². The molecule has 102 valence electrons. The molecule has 0 radical (unpaired) electrons. The number of aromatic nitrogens is 2. The fourth-order valence-corrected chi connectivity index (χ4v) is 2.98. The van der Waals surface area contributed by atoms with Gasteiger partial charge in [-0.2, -0.15) is 0 Å². The molecule has 0 atom stereocenters. The highest BCUT2D eigenvalue weighted by atomic mass is 32.1. The number of aryl methyl sites for hydroxylation is 2. The second-order valence-corrected chi connectivity index (χ2v) is 5.30. The first kappa shape index (κ1) is 13.7. The number of nitrogens with zero attached hydrogens (tertiary/aromatic N) is 2. The molecule has 1 amide bonds. The fourth-order valence-electron chi connectivity index (χ4n) is 1.85. The molecule has 0 fully saturated rings. The van der Waals surface area contributed by atoms with Gasteiger partial charge < -0.3 is 11.1 Å². The number of thiophene rings is 1. The molecule has 0 spiro atoms. The summed E-state index contributed by atoms with van der Waals surface area (Å²) in [5, 5.41) is 3.23. The Morgan fingerprint density at radius 3 is 2.79 bits per heavy atom. The van der Waals surface area contributed by atoms with Crippen molar-refractivity contribution in [2.45, 2.75) is 13.8 Å². The summed E-state index contributed by atoms with van der Waals surface area (Å²) in [6.07, 6.45) is 0. The minimum absolute atomic E-state index is 0.117. The van der Waals surface area contributed by atoms with Crippen molar-refractivity contribution >= 4 is 27.5 Å². The highest BCUT2D eigenvalue weighted by Crippen LogP contribution is 2.26. The van der Waals surface area contributed by atoms with Crippen LogP contribution in [0.4, 0.5) is 0 Å². The molecule has 7 heteroatoms. The molecule has 6 nitrogen and oxygen atoms in total. The number of carbonyl (C=O) groups excluding carboxylic acids is 1. The third kappa shape index (κ3) is 2.26. The zero-order valence-electron chi connectivity index (χ0n) is 11.1. The summed E-state index contributed by atoms with van der Waals surface area (Å²) in [5.41, 5.74) is 5.92. The molecule has 2 rings (SSSR count). The Kier molecular flexibility index (Phi) is 3.68. The predicted molar refractivity (Wildman–Crippen MR) is 75.7 cm³/mol. The highest BCUT2D eigenvalue weighted by Gasteiger charge is 2.19. The Balaban J connectivity index is 2.61. The number of hydrogen-bond acceptors (Lipinski definition) is 5. The molecule has 0 saturated carbocycles. The number of fused-ring (bicyclic) bond motifs is 1. The maximum absolute atomic E-state index is 12.2. The van der Waals surface area contributed by atoms with Crippen LogP contribution in [0.15, 0.2) is 4.79 Å². The van der Waals surface area contributed by atoms with E-state index in [1.54, 1.807) is 20.9 Å². The van der Waals surface area contributed by atoms with E-state index in [2.05, 4.69) is 10.3 Å². The zero-order chi connectivity index (χ0) is 14.2. The first-order valence-electron chi connectivity index (χ1n) is 5.92. The lowest BCUT2D eigenvalue weighted by molar-refractivity contribution is 0.0958. The smallest absolute Gasteiger partial charge is 0.262 e. The summed E-state index contributed by atoms with van der Waals surface area (Å²) < 4.78 is 1.49. The number of carbonyl (C=O) groups is 1. The lowest BCUT2D eigenvalue weighted by atomic mass is 10.2. The lowest BCUT2D eigenvalue weighted by Crippen LogP contribution is -2.28. The van der Waals surface area contributed by atoms with E-state index in [-0.39, 0.29) is 11.5 Å². The Morgan fingerprint density at radius 1 is 1.47 bits per heavy atom. The third-order valence-corrected chi connectivity index (χ3v) is 4.22. The summed E-state index contributed by atoms with van der Waals surface area (Å²) in [5.74, 6) is 0.429. The minimum Gasteiger partial charge on any atom is -0.350 e. The molecule has 2 heterocycles. The normalized spacial score (nSPS) is 10.9. The van der Waals surface area contributed by atoms with Gasteiger partial charge >= 0.3 is 0 Å². The summed E-state index contributed by atoms with van der Waals surface area (Å²) in [4.78, 5) is 29.7. The van der Waals surface area contributed by atoms with Crippen LogP contribution in [0.1, 0.15) is 21.1 Å². The Bertz CT molecular complexity index is 702. The lowest BCUT2D eigenvalue weighted by Gasteiger charge is -2.02. The molecule has 0 aliphatic rings. The summed E-state index contributed by atoms with van der Waals surface area (Å²) >= 11 is 1.24. The SMILES string of the molecule is Cc1c(C(=O)NCCN)sc2nc(C)n(C)c(=O)c12. The van der Waals surface area contributed by atoms with Gasteiger partial charge in [-0.15, -0.1) is 11.3 Å². The van der Waals surface area contributed by atoms with Crippen LogP contribution in [0.2, 0.25) is 0 Å². The van der Waals surface area contributed by atoms with Gasteiger partial charge in [-0.05, 0) is 19.4 Å². The van der Waals surface area contributed by atoms with Crippen molar-refractivity contribution in [3.63, 3.8) is 0 Å². The largest absolute Gasteiger partial charge is 0.350 e. The van der Waals surface area contributed by atoms with Gasteiger partial charge in [0.1, 0.15) is 10.7 Å². The van der Waals surface area contributed by atoms with Crippen molar-refractivity contribution in [1.29, 1.82) is 0 Å². The average Bonchev–Trinajstić information content (AvgIpc) is 2.70. The van der Waals surface area contributed by atoms with Gasteiger partial charge in [-0.1, -0.05) is 0 Å². The molecule has 0 saturated heterocycles. The van der Waals surface area contributed by atoms with E-state index < -0.39 is 0 Å². The molecule has 0 aliphatic carbocycles. The molecular formula is C12H16N4O2S. The monoisotopic (exact) mass is 280 g/mol. The van der Waals surface area contributed by atoms with Crippen LogP contribution in [0, 0.1) is 13.8 Å². The second-order valence-electron chi connectivity index (χ2n) is 4.30. The van der Waals surface area contributed by atoms with Crippen LogP contribution >= 0.6 is 11.3 Å². The van der Waals surface area contributed by atoms with Crippen molar-refractivity contribution in [3.8, 4) is 0 Å². The van der Waals surface area contributed by atoms with Crippen LogP contribution < -0.4 is 16.6 Å². The van der Waals surface area contributed by atoms with Gasteiger partial charge in [-0.3, -0.25) is 14.2 Å². The molecule has 0 aliphatic heterocycles. The van der Waals surface area contributed by atoms with E-state index in [4.69, 9.17) is 5.73 Å². The van der Waals surface area contributed by atoms with Gasteiger partial charge in [0.25, 0.3) is 11.5 Å². The quantitative estimate of drug-likeness (QED) is 0.846. The maximum atomic E-state index is 12.2. The summed E-state index contributed by atoms with van der Waals surface area (Å²) in [6.45, 7) is 4.34. The molecule has 0 bridgehead atoms. The van der Waals surface area contributed by atoms with E-state index in [9.17, 15) is 9.59 Å². The van der Waals surface area contributed by atoms with Gasteiger partial charge in [0.05, 0.1) is 10.3 Å². The Labute approximate surface area is 114 Å². The maximum Gasteiger partial charge on any atom is 0.262 e. The molecule has 0 unspecified atom stereocenters. The highest BCUT2D eigenvalue weighted by molar-refractivity contribution is 7.20. The number of amides is 1. The molecule has 2 aromatic heterocycles. The fraction of sp³-hybridized carbons (Fsp3) is 0.417.